The fraction of sp³-hybridized carbons (Fsp3) is 0.533. The number of benzene rings is 1. The van der Waals surface area contributed by atoms with Gasteiger partial charge in [-0.1, -0.05) is 18.5 Å². The van der Waals surface area contributed by atoms with E-state index >= 15 is 0 Å². The number of piperidine rings is 1. The minimum absolute atomic E-state index is 0.121. The van der Waals surface area contributed by atoms with Crippen molar-refractivity contribution >= 4 is 23.3 Å². The highest BCUT2D eigenvalue weighted by molar-refractivity contribution is 6.32. The maximum absolute atomic E-state index is 12.3. The van der Waals surface area contributed by atoms with Crippen LogP contribution in [0.1, 0.15) is 19.8 Å². The molecule has 1 aromatic carbocycles. The molecule has 1 saturated heterocycles. The summed E-state index contributed by atoms with van der Waals surface area (Å²) in [5.41, 5.74) is 0.558. The maximum atomic E-state index is 12.3. The van der Waals surface area contributed by atoms with Crippen molar-refractivity contribution in [2.75, 3.05) is 32.6 Å². The monoisotopic (exact) mass is 312 g/mol. The number of nitrogens with one attached hydrogen (secondary N) is 1. The summed E-state index contributed by atoms with van der Waals surface area (Å²) in [7, 11) is 3.07. The highest BCUT2D eigenvalue weighted by Crippen LogP contribution is 2.36. The Hall–Kier alpha value is -1.62. The molecule has 5 nitrogen and oxygen atoms in total. The predicted octanol–water partition coefficient (Wildman–Crippen LogP) is 3.62. The van der Waals surface area contributed by atoms with Crippen LogP contribution < -0.4 is 14.8 Å². The quantitative estimate of drug-likeness (QED) is 0.927. The van der Waals surface area contributed by atoms with Crippen molar-refractivity contribution in [2.45, 2.75) is 19.8 Å². The van der Waals surface area contributed by atoms with Gasteiger partial charge in [-0.25, -0.2) is 4.79 Å². The van der Waals surface area contributed by atoms with Gasteiger partial charge in [0.05, 0.1) is 24.9 Å². The molecule has 2 amide bonds. The van der Waals surface area contributed by atoms with Gasteiger partial charge in [0.1, 0.15) is 11.5 Å². The zero-order valence-electron chi connectivity index (χ0n) is 12.6. The van der Waals surface area contributed by atoms with Crippen molar-refractivity contribution in [1.82, 2.24) is 4.90 Å². The van der Waals surface area contributed by atoms with Crippen LogP contribution in [0, 0.1) is 5.92 Å². The summed E-state index contributed by atoms with van der Waals surface area (Å²) in [6, 6.07) is 3.18. The van der Waals surface area contributed by atoms with Crippen LogP contribution in [0.3, 0.4) is 0 Å². The zero-order valence-corrected chi connectivity index (χ0v) is 13.4. The Bertz CT molecular complexity index is 514. The first-order valence-electron chi connectivity index (χ1n) is 7.02. The van der Waals surface area contributed by atoms with Crippen LogP contribution in [0.5, 0.6) is 11.5 Å². The molecule has 0 saturated carbocycles. The number of anilines is 1. The summed E-state index contributed by atoms with van der Waals surface area (Å²) < 4.78 is 10.4. The van der Waals surface area contributed by atoms with E-state index in [9.17, 15) is 4.79 Å². The molecule has 0 radical (unpaired) electrons. The number of halogens is 1. The molecule has 21 heavy (non-hydrogen) atoms. The number of urea groups is 1. The van der Waals surface area contributed by atoms with Gasteiger partial charge in [0.2, 0.25) is 0 Å². The number of carbonyl (C=O) groups excluding carboxylic acids is 1. The van der Waals surface area contributed by atoms with E-state index in [1.165, 1.54) is 14.2 Å². The lowest BCUT2D eigenvalue weighted by Crippen LogP contribution is -2.40. The summed E-state index contributed by atoms with van der Waals surface area (Å²) in [4.78, 5) is 14.1. The molecule has 0 bridgehead atoms. The number of methoxy groups -OCH3 is 2. The van der Waals surface area contributed by atoms with E-state index in [2.05, 4.69) is 12.2 Å². The smallest absolute Gasteiger partial charge is 0.321 e. The van der Waals surface area contributed by atoms with Gasteiger partial charge in [0.15, 0.2) is 0 Å². The highest BCUT2D eigenvalue weighted by Gasteiger charge is 2.21. The van der Waals surface area contributed by atoms with Gasteiger partial charge >= 0.3 is 6.03 Å². The Labute approximate surface area is 130 Å². The predicted molar refractivity (Wildman–Crippen MR) is 83.5 cm³/mol. The molecule has 116 valence electrons. The highest BCUT2D eigenvalue weighted by atomic mass is 35.5. The average Bonchev–Trinajstić information content (AvgIpc) is 2.49. The summed E-state index contributed by atoms with van der Waals surface area (Å²) in [5, 5.41) is 3.31. The molecule has 2 rings (SSSR count). The summed E-state index contributed by atoms with van der Waals surface area (Å²) >= 11 is 6.05. The number of carbonyl (C=O) groups is 1. The van der Waals surface area contributed by atoms with Crippen molar-refractivity contribution in [2.24, 2.45) is 5.92 Å². The fourth-order valence-electron chi connectivity index (χ4n) is 2.36. The molecule has 0 aromatic heterocycles. The SMILES string of the molecule is COc1cc(NC(=O)N2CCC(C)CC2)c(OC)cc1Cl. The van der Waals surface area contributed by atoms with E-state index in [4.69, 9.17) is 21.1 Å². The average molecular weight is 313 g/mol. The molecule has 1 heterocycles. The number of hydrogen-bond acceptors (Lipinski definition) is 3. The number of likely N-dealkylation sites (tertiary alicyclic amines) is 1. The van der Waals surface area contributed by atoms with Gasteiger partial charge in [-0.2, -0.15) is 0 Å². The topological polar surface area (TPSA) is 50.8 Å². The third-order valence-corrected chi connectivity index (χ3v) is 4.08. The number of nitrogens with zero attached hydrogens (tertiary/aromatic N) is 1. The maximum Gasteiger partial charge on any atom is 0.321 e. The second kappa shape index (κ2) is 6.89. The lowest BCUT2D eigenvalue weighted by molar-refractivity contribution is 0.186. The minimum atomic E-state index is -0.121. The molecule has 0 aliphatic carbocycles. The molecule has 1 fully saturated rings. The van der Waals surface area contributed by atoms with Gasteiger partial charge in [0.25, 0.3) is 0 Å². The molecular weight excluding hydrogens is 292 g/mol. The van der Waals surface area contributed by atoms with Crippen LogP contribution >= 0.6 is 11.6 Å². The Morgan fingerprint density at radius 2 is 1.86 bits per heavy atom. The molecule has 1 N–H and O–H groups in total. The van der Waals surface area contributed by atoms with Gasteiger partial charge in [0, 0.05) is 25.2 Å². The standard InChI is InChI=1S/C15H21ClN2O3/c1-10-4-6-18(7-5-10)15(19)17-12-9-13(20-2)11(16)8-14(12)21-3/h8-10H,4-7H2,1-3H3,(H,17,19). The van der Waals surface area contributed by atoms with Crippen LogP contribution in [-0.4, -0.2) is 38.2 Å². The Morgan fingerprint density at radius 1 is 1.24 bits per heavy atom. The first-order valence-corrected chi connectivity index (χ1v) is 7.40. The van der Waals surface area contributed by atoms with Crippen LogP contribution in [0.15, 0.2) is 12.1 Å². The number of hydrogen-bond donors (Lipinski definition) is 1. The van der Waals surface area contributed by atoms with Crippen LogP contribution in [0.25, 0.3) is 0 Å². The largest absolute Gasteiger partial charge is 0.495 e. The van der Waals surface area contributed by atoms with Gasteiger partial charge in [-0.3, -0.25) is 0 Å². The number of rotatable bonds is 3. The van der Waals surface area contributed by atoms with Crippen LogP contribution in [0.2, 0.25) is 5.02 Å². The van der Waals surface area contributed by atoms with Crippen molar-refractivity contribution in [3.63, 3.8) is 0 Å². The van der Waals surface area contributed by atoms with Gasteiger partial charge in [-0.15, -0.1) is 0 Å². The van der Waals surface area contributed by atoms with E-state index < -0.39 is 0 Å². The van der Waals surface area contributed by atoms with Crippen molar-refractivity contribution in [3.8, 4) is 11.5 Å². The van der Waals surface area contributed by atoms with Crippen LogP contribution in [-0.2, 0) is 0 Å². The molecule has 6 heteroatoms. The molecular formula is C15H21ClN2O3. The Balaban J connectivity index is 2.12. The van der Waals surface area contributed by atoms with E-state index in [0.29, 0.717) is 28.1 Å². The Morgan fingerprint density at radius 3 is 2.43 bits per heavy atom. The first-order chi connectivity index (χ1) is 10.0. The summed E-state index contributed by atoms with van der Waals surface area (Å²) in [5.74, 6) is 1.69. The molecule has 1 aromatic rings. The van der Waals surface area contributed by atoms with E-state index in [-0.39, 0.29) is 6.03 Å². The third-order valence-electron chi connectivity index (χ3n) is 3.79. The molecule has 0 spiro atoms. The molecule has 0 atom stereocenters. The van der Waals surface area contributed by atoms with Crippen LogP contribution in [0.4, 0.5) is 10.5 Å². The molecule has 1 aliphatic rings. The number of amides is 2. The molecule has 0 unspecified atom stereocenters. The number of ether oxygens (including phenoxy) is 2. The van der Waals surface area contributed by atoms with Gasteiger partial charge < -0.3 is 19.7 Å². The van der Waals surface area contributed by atoms with Crippen molar-refractivity contribution < 1.29 is 14.3 Å². The van der Waals surface area contributed by atoms with E-state index in [0.717, 1.165) is 25.9 Å². The second-order valence-electron chi connectivity index (χ2n) is 5.29. The second-order valence-corrected chi connectivity index (χ2v) is 5.69. The first kappa shape index (κ1) is 15.8. The van der Waals surface area contributed by atoms with Gasteiger partial charge in [-0.05, 0) is 18.8 Å². The Kier molecular flexibility index (Phi) is 5.17. The summed E-state index contributed by atoms with van der Waals surface area (Å²) in [6.45, 7) is 3.77. The minimum Gasteiger partial charge on any atom is -0.495 e. The van der Waals surface area contributed by atoms with E-state index in [1.54, 1.807) is 12.1 Å². The lowest BCUT2D eigenvalue weighted by atomic mass is 10.00. The zero-order chi connectivity index (χ0) is 15.4. The van der Waals surface area contributed by atoms with E-state index in [1.807, 2.05) is 4.90 Å². The van der Waals surface area contributed by atoms with Crippen molar-refractivity contribution in [3.05, 3.63) is 17.2 Å². The molecule has 1 aliphatic heterocycles. The lowest BCUT2D eigenvalue weighted by Gasteiger charge is -2.30. The normalized spacial score (nSPS) is 15.7. The fourth-order valence-corrected chi connectivity index (χ4v) is 2.59. The third kappa shape index (κ3) is 3.73. The van der Waals surface area contributed by atoms with Crippen molar-refractivity contribution in [1.29, 1.82) is 0 Å². The summed E-state index contributed by atoms with van der Waals surface area (Å²) in [6.07, 6.45) is 2.07.